The minimum atomic E-state index is -0.541. The van der Waals surface area contributed by atoms with Crippen molar-refractivity contribution in [2.45, 2.75) is 32.2 Å². The zero-order valence-corrected chi connectivity index (χ0v) is 18.4. The minimum Gasteiger partial charge on any atom is -0.298 e. The fraction of sp³-hybridized carbons (Fsp3) is 0.292. The lowest BCUT2D eigenvalue weighted by Crippen LogP contribution is -2.35. The Bertz CT molecular complexity index is 1270. The van der Waals surface area contributed by atoms with Gasteiger partial charge >= 0.3 is 0 Å². The third kappa shape index (κ3) is 4.10. The first-order chi connectivity index (χ1) is 15.5. The van der Waals surface area contributed by atoms with Gasteiger partial charge in [0.15, 0.2) is 0 Å². The molecule has 0 bridgehead atoms. The number of piperidine rings is 1. The Labute approximate surface area is 189 Å². The van der Waals surface area contributed by atoms with E-state index in [1.54, 1.807) is 28.8 Å². The van der Waals surface area contributed by atoms with E-state index >= 15 is 0 Å². The van der Waals surface area contributed by atoms with Crippen LogP contribution in [0.3, 0.4) is 0 Å². The first-order valence-electron chi connectivity index (χ1n) is 10.6. The Balaban J connectivity index is 1.39. The topological polar surface area (TPSA) is 46.3 Å². The van der Waals surface area contributed by atoms with E-state index in [4.69, 9.17) is 11.6 Å². The van der Waals surface area contributed by atoms with Crippen molar-refractivity contribution < 1.29 is 8.78 Å². The van der Waals surface area contributed by atoms with E-state index in [-0.39, 0.29) is 18.0 Å². The van der Waals surface area contributed by atoms with Crippen LogP contribution in [-0.4, -0.2) is 37.6 Å². The number of aromatic nitrogens is 4. The van der Waals surface area contributed by atoms with Gasteiger partial charge in [-0.15, -0.1) is 0 Å². The van der Waals surface area contributed by atoms with Crippen LogP contribution >= 0.6 is 11.6 Å². The number of halogens is 3. The Morgan fingerprint density at radius 2 is 1.91 bits per heavy atom. The second-order valence-corrected chi connectivity index (χ2v) is 8.73. The highest BCUT2D eigenvalue weighted by molar-refractivity contribution is 6.30. The van der Waals surface area contributed by atoms with Gasteiger partial charge in [0.25, 0.3) is 5.78 Å². The fourth-order valence-corrected chi connectivity index (χ4v) is 4.69. The van der Waals surface area contributed by atoms with E-state index < -0.39 is 11.6 Å². The maximum atomic E-state index is 15.0. The number of hydrogen-bond acceptors (Lipinski definition) is 4. The van der Waals surface area contributed by atoms with Crippen molar-refractivity contribution in [3.63, 3.8) is 0 Å². The van der Waals surface area contributed by atoms with Crippen LogP contribution in [0.5, 0.6) is 0 Å². The summed E-state index contributed by atoms with van der Waals surface area (Å²) in [5, 5.41) is 4.84. The molecule has 1 saturated heterocycles. The number of aryl methyl sites for hydroxylation is 1. The van der Waals surface area contributed by atoms with Gasteiger partial charge in [-0.3, -0.25) is 4.90 Å². The van der Waals surface area contributed by atoms with Crippen molar-refractivity contribution in [1.82, 2.24) is 24.5 Å². The van der Waals surface area contributed by atoms with E-state index in [2.05, 4.69) is 20.0 Å². The predicted molar refractivity (Wildman–Crippen MR) is 120 cm³/mol. The molecular formula is C24H22ClF2N5. The monoisotopic (exact) mass is 453 g/mol. The summed E-state index contributed by atoms with van der Waals surface area (Å²) in [4.78, 5) is 10.7. The molecule has 8 heteroatoms. The van der Waals surface area contributed by atoms with Crippen molar-refractivity contribution >= 4 is 17.4 Å². The van der Waals surface area contributed by atoms with Gasteiger partial charge in [-0.1, -0.05) is 23.7 Å². The lowest BCUT2D eigenvalue weighted by atomic mass is 9.93. The molecule has 0 amide bonds. The highest BCUT2D eigenvalue weighted by atomic mass is 35.5. The zero-order chi connectivity index (χ0) is 22.2. The summed E-state index contributed by atoms with van der Waals surface area (Å²) >= 11 is 6.03. The molecule has 5 nitrogen and oxygen atoms in total. The number of likely N-dealkylation sites (tertiary alicyclic amines) is 1. The van der Waals surface area contributed by atoms with Gasteiger partial charge in [-0.25, -0.2) is 18.3 Å². The van der Waals surface area contributed by atoms with Crippen LogP contribution in [0.4, 0.5) is 8.78 Å². The van der Waals surface area contributed by atoms with E-state index in [9.17, 15) is 8.78 Å². The summed E-state index contributed by atoms with van der Waals surface area (Å²) in [6, 6.07) is 11.8. The minimum absolute atomic E-state index is 0.0910. The molecule has 164 valence electrons. The molecule has 1 atom stereocenters. The van der Waals surface area contributed by atoms with E-state index in [0.29, 0.717) is 28.5 Å². The molecule has 0 aliphatic carbocycles. The van der Waals surface area contributed by atoms with Crippen molar-refractivity contribution in [1.29, 1.82) is 0 Å². The standard InChI is InChI=1S/C24H22ClF2N5/c1-15-8-23(32-24(30-15)28-14-29-32)17-5-3-7-31(12-17)13-20-21(26)10-18(11-22(20)27)16-4-2-6-19(25)9-16/h2,4,6,8-11,14,17H,3,5,7,12-13H2,1H3. The Morgan fingerprint density at radius 1 is 1.09 bits per heavy atom. The number of rotatable bonds is 4. The summed E-state index contributed by atoms with van der Waals surface area (Å²) in [6.45, 7) is 3.63. The van der Waals surface area contributed by atoms with Crippen molar-refractivity contribution in [2.24, 2.45) is 0 Å². The first kappa shape index (κ1) is 21.0. The summed E-state index contributed by atoms with van der Waals surface area (Å²) in [6.07, 6.45) is 3.41. The van der Waals surface area contributed by atoms with Crippen LogP contribution in [0.1, 0.15) is 35.7 Å². The van der Waals surface area contributed by atoms with Crippen LogP contribution in [0, 0.1) is 18.6 Å². The van der Waals surface area contributed by atoms with Crippen molar-refractivity contribution in [2.75, 3.05) is 13.1 Å². The fourth-order valence-electron chi connectivity index (χ4n) is 4.50. The lowest BCUT2D eigenvalue weighted by molar-refractivity contribution is 0.193. The second kappa shape index (κ2) is 8.56. The third-order valence-corrected chi connectivity index (χ3v) is 6.25. The van der Waals surface area contributed by atoms with Crippen LogP contribution in [0.25, 0.3) is 16.9 Å². The number of hydrogen-bond donors (Lipinski definition) is 0. The molecule has 0 N–H and O–H groups in total. The van der Waals surface area contributed by atoms with Crippen LogP contribution in [0.2, 0.25) is 5.02 Å². The molecule has 0 saturated carbocycles. The van der Waals surface area contributed by atoms with E-state index in [1.165, 1.54) is 18.5 Å². The molecule has 2 aromatic heterocycles. The van der Waals surface area contributed by atoms with E-state index in [0.717, 1.165) is 30.8 Å². The molecule has 0 spiro atoms. The van der Waals surface area contributed by atoms with Crippen LogP contribution in [0.15, 0.2) is 48.8 Å². The maximum Gasteiger partial charge on any atom is 0.252 e. The molecule has 4 aromatic rings. The SMILES string of the molecule is Cc1cc(C2CCCN(Cc3c(F)cc(-c4cccc(Cl)c4)cc3F)C2)n2ncnc2n1. The highest BCUT2D eigenvalue weighted by Gasteiger charge is 2.26. The molecule has 0 radical (unpaired) electrons. The molecule has 32 heavy (non-hydrogen) atoms. The van der Waals surface area contributed by atoms with Gasteiger partial charge in [0.1, 0.15) is 18.0 Å². The van der Waals surface area contributed by atoms with Gasteiger partial charge in [0, 0.05) is 35.3 Å². The van der Waals surface area contributed by atoms with Gasteiger partial charge in [0.05, 0.1) is 5.69 Å². The Kier molecular flexibility index (Phi) is 5.61. The first-order valence-corrected chi connectivity index (χ1v) is 11.0. The molecule has 1 unspecified atom stereocenters. The molecular weight excluding hydrogens is 432 g/mol. The summed E-state index contributed by atoms with van der Waals surface area (Å²) in [5.74, 6) is -0.321. The molecule has 2 aromatic carbocycles. The quantitative estimate of drug-likeness (QED) is 0.414. The normalized spacial score (nSPS) is 17.2. The lowest BCUT2D eigenvalue weighted by Gasteiger charge is -2.33. The smallest absolute Gasteiger partial charge is 0.252 e. The molecule has 3 heterocycles. The molecule has 1 fully saturated rings. The van der Waals surface area contributed by atoms with Gasteiger partial charge in [0.2, 0.25) is 0 Å². The van der Waals surface area contributed by atoms with Crippen LogP contribution in [-0.2, 0) is 6.54 Å². The Morgan fingerprint density at radius 3 is 2.69 bits per heavy atom. The van der Waals surface area contributed by atoms with Crippen molar-refractivity contribution in [3.8, 4) is 11.1 Å². The van der Waals surface area contributed by atoms with E-state index in [1.807, 2.05) is 13.0 Å². The maximum absolute atomic E-state index is 15.0. The zero-order valence-electron chi connectivity index (χ0n) is 17.6. The number of nitrogens with zero attached hydrogens (tertiary/aromatic N) is 5. The summed E-state index contributed by atoms with van der Waals surface area (Å²) in [5.41, 5.74) is 3.17. The average molecular weight is 454 g/mol. The van der Waals surface area contributed by atoms with Gasteiger partial charge in [-0.2, -0.15) is 10.1 Å². The van der Waals surface area contributed by atoms with Gasteiger partial charge in [-0.05, 0) is 67.8 Å². The van der Waals surface area contributed by atoms with Gasteiger partial charge < -0.3 is 0 Å². The highest BCUT2D eigenvalue weighted by Crippen LogP contribution is 2.31. The number of benzene rings is 2. The molecule has 1 aliphatic rings. The third-order valence-electron chi connectivity index (χ3n) is 6.01. The Hall–Kier alpha value is -2.90. The second-order valence-electron chi connectivity index (χ2n) is 8.30. The van der Waals surface area contributed by atoms with Crippen molar-refractivity contribution in [3.05, 3.63) is 82.4 Å². The average Bonchev–Trinajstić information content (AvgIpc) is 3.24. The number of fused-ring (bicyclic) bond motifs is 1. The molecule has 1 aliphatic heterocycles. The summed E-state index contributed by atoms with van der Waals surface area (Å²) < 4.78 is 31.7. The molecule has 5 rings (SSSR count). The summed E-state index contributed by atoms with van der Waals surface area (Å²) in [7, 11) is 0. The largest absolute Gasteiger partial charge is 0.298 e. The van der Waals surface area contributed by atoms with Crippen LogP contribution < -0.4 is 0 Å². The predicted octanol–water partition coefficient (Wildman–Crippen LogP) is 5.41.